The molecule has 6 heteroatoms. The Bertz CT molecular complexity index is 673. The molecule has 6 nitrogen and oxygen atoms in total. The van der Waals surface area contributed by atoms with Crippen molar-refractivity contribution in [3.63, 3.8) is 0 Å². The number of rotatable bonds is 5. The Morgan fingerprint density at radius 2 is 2.24 bits per heavy atom. The third kappa shape index (κ3) is 3.81. The van der Waals surface area contributed by atoms with Gasteiger partial charge in [0.1, 0.15) is 0 Å². The lowest BCUT2D eigenvalue weighted by Crippen LogP contribution is -2.33. The molecule has 0 spiro atoms. The van der Waals surface area contributed by atoms with Crippen molar-refractivity contribution in [1.29, 1.82) is 0 Å². The van der Waals surface area contributed by atoms with E-state index >= 15 is 0 Å². The van der Waals surface area contributed by atoms with Crippen molar-refractivity contribution in [3.8, 4) is 0 Å². The third-order valence-corrected chi connectivity index (χ3v) is 3.40. The van der Waals surface area contributed by atoms with E-state index in [4.69, 9.17) is 0 Å². The van der Waals surface area contributed by atoms with Gasteiger partial charge in [0.25, 0.3) is 5.56 Å². The summed E-state index contributed by atoms with van der Waals surface area (Å²) in [6.45, 7) is 6.30. The molecule has 0 saturated carbocycles. The number of aromatic amines is 1. The van der Waals surface area contributed by atoms with Crippen molar-refractivity contribution in [1.82, 2.24) is 20.1 Å². The van der Waals surface area contributed by atoms with Gasteiger partial charge in [-0.3, -0.25) is 14.3 Å². The number of pyridine rings is 1. The second kappa shape index (κ2) is 6.39. The van der Waals surface area contributed by atoms with Crippen LogP contribution in [-0.2, 0) is 17.9 Å². The van der Waals surface area contributed by atoms with Crippen LogP contribution in [0, 0.1) is 19.8 Å². The number of carbonyl (C=O) groups excluding carboxylic acids is 1. The minimum absolute atomic E-state index is 0.0927. The molecule has 0 aliphatic heterocycles. The maximum Gasteiger partial charge on any atom is 0.253 e. The molecule has 0 bridgehead atoms. The van der Waals surface area contributed by atoms with Crippen LogP contribution in [0.4, 0.5) is 0 Å². The smallest absolute Gasteiger partial charge is 0.253 e. The van der Waals surface area contributed by atoms with Gasteiger partial charge in [0.15, 0.2) is 0 Å². The summed E-state index contributed by atoms with van der Waals surface area (Å²) in [7, 11) is 0. The van der Waals surface area contributed by atoms with Gasteiger partial charge in [0.2, 0.25) is 5.91 Å². The van der Waals surface area contributed by atoms with E-state index in [1.165, 1.54) is 0 Å². The number of nitrogens with zero attached hydrogens (tertiary/aromatic N) is 2. The lowest BCUT2D eigenvalue weighted by molar-refractivity contribution is -0.125. The second-order valence-corrected chi connectivity index (χ2v) is 5.29. The van der Waals surface area contributed by atoms with Gasteiger partial charge >= 0.3 is 0 Å². The van der Waals surface area contributed by atoms with Crippen LogP contribution >= 0.6 is 0 Å². The Morgan fingerprint density at radius 1 is 1.48 bits per heavy atom. The van der Waals surface area contributed by atoms with Crippen molar-refractivity contribution in [2.45, 2.75) is 33.9 Å². The fraction of sp³-hybridized carbons (Fsp3) is 0.400. The van der Waals surface area contributed by atoms with E-state index in [0.29, 0.717) is 12.1 Å². The number of hydrogen-bond donors (Lipinski definition) is 2. The zero-order chi connectivity index (χ0) is 15.4. The van der Waals surface area contributed by atoms with Crippen LogP contribution in [0.1, 0.15) is 23.7 Å². The van der Waals surface area contributed by atoms with Gasteiger partial charge in [-0.2, -0.15) is 5.10 Å². The Labute approximate surface area is 123 Å². The topological polar surface area (TPSA) is 79.8 Å². The molecule has 1 amide bonds. The number of amides is 1. The van der Waals surface area contributed by atoms with Crippen LogP contribution in [0.15, 0.2) is 29.3 Å². The van der Waals surface area contributed by atoms with Crippen molar-refractivity contribution >= 4 is 5.91 Å². The minimum atomic E-state index is -0.213. The average Bonchev–Trinajstić information content (AvgIpc) is 2.89. The number of hydrogen-bond acceptors (Lipinski definition) is 3. The predicted molar refractivity (Wildman–Crippen MR) is 79.8 cm³/mol. The van der Waals surface area contributed by atoms with Crippen molar-refractivity contribution in [2.75, 3.05) is 0 Å². The van der Waals surface area contributed by atoms with Crippen LogP contribution in [0.5, 0.6) is 0 Å². The summed E-state index contributed by atoms with van der Waals surface area (Å²) in [6.07, 6.45) is 3.50. The van der Waals surface area contributed by atoms with Crippen LogP contribution < -0.4 is 10.9 Å². The highest BCUT2D eigenvalue weighted by Gasteiger charge is 2.14. The van der Waals surface area contributed by atoms with Crippen LogP contribution in [0.25, 0.3) is 0 Å². The number of aryl methyl sites for hydroxylation is 2. The van der Waals surface area contributed by atoms with Crippen LogP contribution in [0.2, 0.25) is 0 Å². The van der Waals surface area contributed by atoms with Gasteiger partial charge in [-0.1, -0.05) is 6.92 Å². The van der Waals surface area contributed by atoms with Crippen molar-refractivity contribution in [2.24, 2.45) is 5.92 Å². The Morgan fingerprint density at radius 3 is 2.86 bits per heavy atom. The molecule has 0 saturated heterocycles. The molecule has 112 valence electrons. The van der Waals surface area contributed by atoms with Gasteiger partial charge in [-0.15, -0.1) is 0 Å². The van der Waals surface area contributed by atoms with E-state index in [-0.39, 0.29) is 23.9 Å². The van der Waals surface area contributed by atoms with E-state index in [0.717, 1.165) is 11.3 Å². The molecule has 0 radical (unpaired) electrons. The fourth-order valence-electron chi connectivity index (χ4n) is 2.22. The van der Waals surface area contributed by atoms with E-state index in [1.807, 2.05) is 39.1 Å². The summed E-state index contributed by atoms with van der Waals surface area (Å²) >= 11 is 0. The van der Waals surface area contributed by atoms with Crippen molar-refractivity contribution in [3.05, 3.63) is 51.7 Å². The first-order chi connectivity index (χ1) is 9.97. The quantitative estimate of drug-likeness (QED) is 0.866. The Balaban J connectivity index is 1.96. The summed E-state index contributed by atoms with van der Waals surface area (Å²) in [5.74, 6) is -0.306. The molecule has 2 aromatic rings. The zero-order valence-corrected chi connectivity index (χ0v) is 12.5. The second-order valence-electron chi connectivity index (χ2n) is 5.29. The maximum atomic E-state index is 12.1. The molecule has 2 aromatic heterocycles. The molecule has 1 atom stereocenters. The van der Waals surface area contributed by atoms with Crippen molar-refractivity contribution < 1.29 is 4.79 Å². The standard InChI is InChI=1S/C15H20N4O2/c1-10-7-12(3)18-15(21)13(10)8-16-14(20)11(2)9-19-6-4-5-17-19/h4-7,11H,8-9H2,1-3H3,(H,16,20)(H,18,21). The number of carbonyl (C=O) groups is 1. The average molecular weight is 288 g/mol. The fourth-order valence-corrected chi connectivity index (χ4v) is 2.22. The van der Waals surface area contributed by atoms with Gasteiger partial charge in [0.05, 0.1) is 12.5 Å². The summed E-state index contributed by atoms with van der Waals surface area (Å²) in [4.78, 5) is 26.7. The van der Waals surface area contributed by atoms with E-state index in [9.17, 15) is 9.59 Å². The van der Waals surface area contributed by atoms with Crippen LogP contribution in [-0.4, -0.2) is 20.7 Å². The maximum absolute atomic E-state index is 12.1. The lowest BCUT2D eigenvalue weighted by Gasteiger charge is -2.13. The van der Waals surface area contributed by atoms with E-state index < -0.39 is 0 Å². The molecule has 2 rings (SSSR count). The zero-order valence-electron chi connectivity index (χ0n) is 12.5. The first-order valence-electron chi connectivity index (χ1n) is 6.92. The highest BCUT2D eigenvalue weighted by molar-refractivity contribution is 5.78. The molecule has 0 aromatic carbocycles. The molecule has 2 N–H and O–H groups in total. The summed E-state index contributed by atoms with van der Waals surface area (Å²) in [6, 6.07) is 3.72. The molecule has 21 heavy (non-hydrogen) atoms. The van der Waals surface area contributed by atoms with Gasteiger partial charge < -0.3 is 10.3 Å². The van der Waals surface area contributed by atoms with E-state index in [2.05, 4.69) is 15.4 Å². The number of nitrogens with one attached hydrogen (secondary N) is 2. The Hall–Kier alpha value is -2.37. The molecule has 1 unspecified atom stereocenters. The predicted octanol–water partition coefficient (Wildman–Crippen LogP) is 1.14. The number of aromatic nitrogens is 3. The normalized spacial score (nSPS) is 12.1. The molecular weight excluding hydrogens is 268 g/mol. The van der Waals surface area contributed by atoms with Gasteiger partial charge in [-0.05, 0) is 31.5 Å². The van der Waals surface area contributed by atoms with E-state index in [1.54, 1.807) is 10.9 Å². The molecule has 0 fully saturated rings. The Kier molecular flexibility index (Phi) is 4.57. The molecular formula is C15H20N4O2. The van der Waals surface area contributed by atoms with Gasteiger partial charge in [-0.25, -0.2) is 0 Å². The minimum Gasteiger partial charge on any atom is -0.352 e. The molecule has 0 aliphatic carbocycles. The number of H-pyrrole nitrogens is 1. The molecule has 0 aliphatic rings. The summed E-state index contributed by atoms with van der Waals surface area (Å²) < 4.78 is 1.72. The SMILES string of the molecule is Cc1cc(C)c(CNC(=O)C(C)Cn2cccn2)c(=O)[nH]1. The molecule has 2 heterocycles. The monoisotopic (exact) mass is 288 g/mol. The first kappa shape index (κ1) is 15.0. The highest BCUT2D eigenvalue weighted by atomic mass is 16.2. The van der Waals surface area contributed by atoms with Crippen LogP contribution in [0.3, 0.4) is 0 Å². The third-order valence-electron chi connectivity index (χ3n) is 3.40. The highest BCUT2D eigenvalue weighted by Crippen LogP contribution is 2.05. The lowest BCUT2D eigenvalue weighted by atomic mass is 10.1. The largest absolute Gasteiger partial charge is 0.352 e. The van der Waals surface area contributed by atoms with Gasteiger partial charge in [0, 0.05) is 30.2 Å². The summed E-state index contributed by atoms with van der Waals surface area (Å²) in [5, 5.41) is 6.89. The summed E-state index contributed by atoms with van der Waals surface area (Å²) in [5.41, 5.74) is 2.16. The first-order valence-corrected chi connectivity index (χ1v) is 6.92.